The summed E-state index contributed by atoms with van der Waals surface area (Å²) in [6, 6.07) is 2.02. The van der Waals surface area contributed by atoms with Crippen LogP contribution < -0.4 is 5.32 Å². The maximum atomic E-state index is 5.70. The lowest BCUT2D eigenvalue weighted by Crippen LogP contribution is -2.44. The standard InChI is InChI=1S/C12H21N3O2/c1-9-6-15(7-10(2)16-9)8-12-4-11(5-13-3)14-17-12/h4,9-10,13H,5-8H2,1-3H3. The zero-order valence-corrected chi connectivity index (χ0v) is 10.8. The molecule has 1 aromatic rings. The van der Waals surface area contributed by atoms with Crippen LogP contribution in [0.1, 0.15) is 25.3 Å². The molecule has 0 amide bonds. The first-order chi connectivity index (χ1) is 8.17. The van der Waals surface area contributed by atoms with E-state index in [2.05, 4.69) is 29.2 Å². The van der Waals surface area contributed by atoms with E-state index in [0.29, 0.717) is 12.2 Å². The molecule has 2 heterocycles. The van der Waals surface area contributed by atoms with E-state index in [4.69, 9.17) is 9.26 Å². The van der Waals surface area contributed by atoms with E-state index in [-0.39, 0.29) is 0 Å². The number of nitrogens with one attached hydrogen (secondary N) is 1. The van der Waals surface area contributed by atoms with Crippen molar-refractivity contribution in [1.29, 1.82) is 0 Å². The summed E-state index contributed by atoms with van der Waals surface area (Å²) in [6.07, 6.45) is 0.580. The molecule has 0 spiro atoms. The number of hydrogen-bond acceptors (Lipinski definition) is 5. The molecule has 0 aliphatic carbocycles. The normalized spacial score (nSPS) is 26.3. The van der Waals surface area contributed by atoms with Crippen molar-refractivity contribution in [2.45, 2.75) is 39.1 Å². The monoisotopic (exact) mass is 239 g/mol. The highest BCUT2D eigenvalue weighted by atomic mass is 16.5. The van der Waals surface area contributed by atoms with Crippen LogP contribution in [0.2, 0.25) is 0 Å². The van der Waals surface area contributed by atoms with Crippen molar-refractivity contribution in [3.05, 3.63) is 17.5 Å². The summed E-state index contributed by atoms with van der Waals surface area (Å²) >= 11 is 0. The Kier molecular flexibility index (Phi) is 4.15. The Bertz CT molecular complexity index is 343. The molecule has 0 aromatic carbocycles. The van der Waals surface area contributed by atoms with E-state index in [9.17, 15) is 0 Å². The van der Waals surface area contributed by atoms with Crippen LogP contribution in [0.5, 0.6) is 0 Å². The van der Waals surface area contributed by atoms with Crippen LogP contribution in [-0.4, -0.2) is 42.4 Å². The summed E-state index contributed by atoms with van der Waals surface area (Å²) in [5, 5.41) is 7.07. The average Bonchev–Trinajstić information content (AvgIpc) is 2.64. The maximum absolute atomic E-state index is 5.70. The first kappa shape index (κ1) is 12.5. The van der Waals surface area contributed by atoms with E-state index < -0.39 is 0 Å². The number of nitrogens with zero attached hydrogens (tertiary/aromatic N) is 2. The second-order valence-corrected chi connectivity index (χ2v) is 4.77. The van der Waals surface area contributed by atoms with E-state index >= 15 is 0 Å². The molecular weight excluding hydrogens is 218 g/mol. The van der Waals surface area contributed by atoms with Gasteiger partial charge in [-0.25, -0.2) is 0 Å². The second kappa shape index (κ2) is 5.62. The van der Waals surface area contributed by atoms with Crippen LogP contribution >= 0.6 is 0 Å². The number of morpholine rings is 1. The molecule has 1 fully saturated rings. The molecule has 5 nitrogen and oxygen atoms in total. The average molecular weight is 239 g/mol. The molecule has 1 N–H and O–H groups in total. The molecule has 17 heavy (non-hydrogen) atoms. The zero-order chi connectivity index (χ0) is 12.3. The third-order valence-corrected chi connectivity index (χ3v) is 2.84. The largest absolute Gasteiger partial charge is 0.373 e. The molecule has 2 atom stereocenters. The van der Waals surface area contributed by atoms with Gasteiger partial charge >= 0.3 is 0 Å². The van der Waals surface area contributed by atoms with Gasteiger partial charge in [-0.3, -0.25) is 4.90 Å². The predicted molar refractivity (Wildman–Crippen MR) is 64.6 cm³/mol. The van der Waals surface area contributed by atoms with Crippen LogP contribution in [0.3, 0.4) is 0 Å². The molecule has 1 saturated heterocycles. The molecular formula is C12H21N3O2. The van der Waals surface area contributed by atoms with Crippen molar-refractivity contribution in [2.75, 3.05) is 20.1 Å². The Balaban J connectivity index is 1.90. The van der Waals surface area contributed by atoms with Gasteiger partial charge < -0.3 is 14.6 Å². The molecule has 0 bridgehead atoms. The minimum Gasteiger partial charge on any atom is -0.373 e. The van der Waals surface area contributed by atoms with Gasteiger partial charge in [0.15, 0.2) is 5.76 Å². The molecule has 1 aliphatic heterocycles. The van der Waals surface area contributed by atoms with Gasteiger partial charge in [-0.05, 0) is 20.9 Å². The van der Waals surface area contributed by atoms with Crippen molar-refractivity contribution in [3.63, 3.8) is 0 Å². The Hall–Kier alpha value is -0.910. The molecule has 5 heteroatoms. The number of ether oxygens (including phenoxy) is 1. The summed E-state index contributed by atoms with van der Waals surface area (Å²) in [5.74, 6) is 0.927. The van der Waals surface area contributed by atoms with Gasteiger partial charge in [-0.1, -0.05) is 5.16 Å². The maximum Gasteiger partial charge on any atom is 0.151 e. The Morgan fingerprint density at radius 3 is 2.76 bits per heavy atom. The smallest absolute Gasteiger partial charge is 0.151 e. The van der Waals surface area contributed by atoms with Gasteiger partial charge in [0.05, 0.1) is 24.4 Å². The van der Waals surface area contributed by atoms with Gasteiger partial charge in [0.1, 0.15) is 0 Å². The first-order valence-electron chi connectivity index (χ1n) is 6.14. The van der Waals surface area contributed by atoms with Crippen molar-refractivity contribution in [3.8, 4) is 0 Å². The lowest BCUT2D eigenvalue weighted by Gasteiger charge is -2.34. The van der Waals surface area contributed by atoms with Crippen molar-refractivity contribution in [2.24, 2.45) is 0 Å². The van der Waals surface area contributed by atoms with Crippen LogP contribution in [0, 0.1) is 0 Å². The van der Waals surface area contributed by atoms with E-state index in [1.807, 2.05) is 13.1 Å². The third-order valence-electron chi connectivity index (χ3n) is 2.84. The van der Waals surface area contributed by atoms with Gasteiger partial charge in [-0.15, -0.1) is 0 Å². The van der Waals surface area contributed by atoms with Gasteiger partial charge in [0.2, 0.25) is 0 Å². The third kappa shape index (κ3) is 3.52. The van der Waals surface area contributed by atoms with Gasteiger partial charge in [0.25, 0.3) is 0 Å². The summed E-state index contributed by atoms with van der Waals surface area (Å²) < 4.78 is 11.0. The molecule has 2 unspecified atom stereocenters. The van der Waals surface area contributed by atoms with Crippen LogP contribution in [0.15, 0.2) is 10.6 Å². The second-order valence-electron chi connectivity index (χ2n) is 4.77. The van der Waals surface area contributed by atoms with Crippen LogP contribution in [0.25, 0.3) is 0 Å². The lowest BCUT2D eigenvalue weighted by molar-refractivity contribution is -0.0721. The fraction of sp³-hybridized carbons (Fsp3) is 0.750. The minimum absolute atomic E-state index is 0.290. The fourth-order valence-corrected chi connectivity index (χ4v) is 2.33. The predicted octanol–water partition coefficient (Wildman–Crippen LogP) is 1.00. The number of aromatic nitrogens is 1. The molecule has 0 saturated carbocycles. The Labute approximate surface area is 102 Å². The van der Waals surface area contributed by atoms with Crippen molar-refractivity contribution in [1.82, 2.24) is 15.4 Å². The quantitative estimate of drug-likeness (QED) is 0.849. The highest BCUT2D eigenvalue weighted by Crippen LogP contribution is 2.14. The fourth-order valence-electron chi connectivity index (χ4n) is 2.33. The summed E-state index contributed by atoms with van der Waals surface area (Å²) in [5.41, 5.74) is 0.955. The van der Waals surface area contributed by atoms with Gasteiger partial charge in [-0.2, -0.15) is 0 Å². The number of hydrogen-bond donors (Lipinski definition) is 1. The SMILES string of the molecule is CNCc1cc(CN2CC(C)OC(C)C2)on1. The number of rotatable bonds is 4. The molecule has 1 aromatic heterocycles. The van der Waals surface area contributed by atoms with Crippen molar-refractivity contribution >= 4 is 0 Å². The van der Waals surface area contributed by atoms with E-state index in [0.717, 1.165) is 37.6 Å². The zero-order valence-electron chi connectivity index (χ0n) is 10.8. The van der Waals surface area contributed by atoms with Crippen LogP contribution in [0.4, 0.5) is 0 Å². The van der Waals surface area contributed by atoms with Crippen molar-refractivity contribution < 1.29 is 9.26 Å². The first-order valence-corrected chi connectivity index (χ1v) is 6.14. The molecule has 2 rings (SSSR count). The summed E-state index contributed by atoms with van der Waals surface area (Å²) in [6.45, 7) is 7.68. The topological polar surface area (TPSA) is 50.5 Å². The Morgan fingerprint density at radius 1 is 1.41 bits per heavy atom. The molecule has 0 radical (unpaired) electrons. The summed E-state index contributed by atoms with van der Waals surface area (Å²) in [7, 11) is 1.90. The highest BCUT2D eigenvalue weighted by Gasteiger charge is 2.23. The molecule has 1 aliphatic rings. The summed E-state index contributed by atoms with van der Waals surface area (Å²) in [4.78, 5) is 2.35. The lowest BCUT2D eigenvalue weighted by atomic mass is 10.2. The van der Waals surface area contributed by atoms with E-state index in [1.165, 1.54) is 0 Å². The van der Waals surface area contributed by atoms with Gasteiger partial charge in [0, 0.05) is 25.7 Å². The highest BCUT2D eigenvalue weighted by molar-refractivity contribution is 5.05. The van der Waals surface area contributed by atoms with E-state index in [1.54, 1.807) is 0 Å². The van der Waals surface area contributed by atoms with Crippen LogP contribution in [-0.2, 0) is 17.8 Å². The Morgan fingerprint density at radius 2 is 2.12 bits per heavy atom. The molecule has 96 valence electrons. The minimum atomic E-state index is 0.290.